The number of amides is 4. The zero-order valence-corrected chi connectivity index (χ0v) is 26.7. The van der Waals surface area contributed by atoms with Crippen LogP contribution in [0.1, 0.15) is 66.8 Å². The van der Waals surface area contributed by atoms with Gasteiger partial charge in [-0.3, -0.25) is 24.2 Å². The number of carbonyl (C=O) groups is 6. The Morgan fingerprint density at radius 3 is 2.67 bits per heavy atom. The molecule has 3 N–H and O–H groups in total. The molecule has 0 radical (unpaired) electrons. The zero-order valence-electron chi connectivity index (χ0n) is 26.7. The molecule has 0 spiro atoms. The number of cyclic esters (lactones) is 1. The first-order valence-corrected chi connectivity index (χ1v) is 16.1. The highest BCUT2D eigenvalue weighted by Crippen LogP contribution is 2.29. The van der Waals surface area contributed by atoms with Gasteiger partial charge in [-0.1, -0.05) is 36.8 Å². The molecule has 3 atom stereocenters. The van der Waals surface area contributed by atoms with Gasteiger partial charge in [-0.2, -0.15) is 0 Å². The summed E-state index contributed by atoms with van der Waals surface area (Å²) >= 11 is 0. The Balaban J connectivity index is 1.38. The number of anilines is 1. The molecule has 2 bridgehead atoms. The van der Waals surface area contributed by atoms with Gasteiger partial charge in [-0.25, -0.2) is 9.59 Å². The molecular weight excluding hydrogens is 618 g/mol. The van der Waals surface area contributed by atoms with E-state index in [1.165, 1.54) is 0 Å². The van der Waals surface area contributed by atoms with Gasteiger partial charge in [0.05, 0.1) is 30.4 Å². The largest absolute Gasteiger partial charge is 0.467 e. The highest BCUT2D eigenvalue weighted by Gasteiger charge is 2.34. The number of nitrogens with zero attached hydrogens (tertiary/aromatic N) is 2. The highest BCUT2D eigenvalue weighted by molar-refractivity contribution is 6.00. The number of rotatable bonds is 4. The first-order chi connectivity index (χ1) is 23.2. The van der Waals surface area contributed by atoms with Crippen LogP contribution in [0.2, 0.25) is 0 Å². The first kappa shape index (κ1) is 34.0. The van der Waals surface area contributed by atoms with Crippen molar-refractivity contribution in [3.63, 3.8) is 0 Å². The van der Waals surface area contributed by atoms with Crippen molar-refractivity contribution in [2.75, 3.05) is 32.1 Å². The molecule has 252 valence electrons. The average Bonchev–Trinajstić information content (AvgIpc) is 3.60. The summed E-state index contributed by atoms with van der Waals surface area (Å²) < 4.78 is 10.2. The molecule has 13 nitrogen and oxygen atoms in total. The quantitative estimate of drug-likeness (QED) is 0.357. The fourth-order valence-electron chi connectivity index (χ4n) is 6.17. The summed E-state index contributed by atoms with van der Waals surface area (Å²) in [5, 5.41) is 8.85. The lowest BCUT2D eigenvalue weighted by molar-refractivity contribution is -0.146. The summed E-state index contributed by atoms with van der Waals surface area (Å²) in [6.07, 6.45) is 4.81. The van der Waals surface area contributed by atoms with Crippen LogP contribution in [0.15, 0.2) is 60.8 Å². The monoisotopic (exact) mass is 657 g/mol. The summed E-state index contributed by atoms with van der Waals surface area (Å²) in [7, 11) is 1.14. The Morgan fingerprint density at radius 2 is 1.83 bits per heavy atom. The van der Waals surface area contributed by atoms with Crippen LogP contribution in [0, 0.1) is 0 Å². The fourth-order valence-corrected chi connectivity index (χ4v) is 6.17. The SMILES string of the molecule is COC(=O)[C@@H]1COC(=O)c2cccc(c2)C(CC(=O)Nc2cccc3cccnc23)CCCCC(=O)N2CCC[C@H]2C(=O)NCC(=O)N1. The summed E-state index contributed by atoms with van der Waals surface area (Å²) in [6.45, 7) is -0.504. The van der Waals surface area contributed by atoms with Gasteiger partial charge in [0.1, 0.15) is 12.6 Å². The Kier molecular flexibility index (Phi) is 11.3. The standard InChI is InChI=1S/C35H39N5O8/c1-47-35(46)27-21-48-34(45)25-11-4-10-23(18-25)24(19-29(41)38-26-13-5-9-22-12-6-16-36-32(22)26)8-2-3-15-31(43)40-17-7-14-28(40)33(44)37-20-30(42)39-27/h4-6,9-13,16,18,24,27-28H,2-3,7-8,14-15,17,19-21H2,1H3,(H,37,44)(H,38,41)(H,39,42)/t24?,27-,28-/m0/s1. The number of hydrogen-bond donors (Lipinski definition) is 3. The van der Waals surface area contributed by atoms with Gasteiger partial charge < -0.3 is 30.3 Å². The summed E-state index contributed by atoms with van der Waals surface area (Å²) in [4.78, 5) is 83.6. The minimum absolute atomic E-state index is 0.0977. The number of methoxy groups -OCH3 is 1. The van der Waals surface area contributed by atoms with Gasteiger partial charge >= 0.3 is 11.9 Å². The van der Waals surface area contributed by atoms with Gasteiger partial charge in [-0.05, 0) is 61.4 Å². The van der Waals surface area contributed by atoms with Crippen LogP contribution in [0.3, 0.4) is 0 Å². The van der Waals surface area contributed by atoms with Crippen molar-refractivity contribution in [1.82, 2.24) is 20.5 Å². The van der Waals surface area contributed by atoms with Crippen molar-refractivity contribution < 1.29 is 38.2 Å². The molecule has 1 fully saturated rings. The molecule has 3 heterocycles. The van der Waals surface area contributed by atoms with Crippen LogP contribution < -0.4 is 16.0 Å². The second kappa shape index (κ2) is 16.0. The third-order valence-corrected chi connectivity index (χ3v) is 8.63. The van der Waals surface area contributed by atoms with E-state index in [1.807, 2.05) is 30.3 Å². The van der Waals surface area contributed by atoms with Gasteiger partial charge in [0.2, 0.25) is 23.6 Å². The van der Waals surface area contributed by atoms with Crippen molar-refractivity contribution in [2.24, 2.45) is 0 Å². The third kappa shape index (κ3) is 8.52. The number of nitrogens with one attached hydrogen (secondary N) is 3. The maximum absolute atomic E-state index is 13.4. The number of hydrogen-bond acceptors (Lipinski definition) is 9. The van der Waals surface area contributed by atoms with E-state index in [4.69, 9.17) is 9.47 Å². The number of ether oxygens (including phenoxy) is 2. The number of carbonyl (C=O) groups excluding carboxylic acids is 6. The molecule has 2 aliphatic heterocycles. The van der Waals surface area contributed by atoms with Crippen molar-refractivity contribution >= 4 is 52.2 Å². The molecule has 2 aromatic carbocycles. The van der Waals surface area contributed by atoms with Gasteiger partial charge in [0, 0.05) is 31.0 Å². The van der Waals surface area contributed by atoms with Crippen LogP contribution in [0.25, 0.3) is 10.9 Å². The van der Waals surface area contributed by atoms with E-state index < -0.39 is 49.0 Å². The van der Waals surface area contributed by atoms with Crippen molar-refractivity contribution in [3.8, 4) is 0 Å². The summed E-state index contributed by atoms with van der Waals surface area (Å²) in [6, 6.07) is 14.0. The predicted octanol–water partition coefficient (Wildman–Crippen LogP) is 2.84. The van der Waals surface area contributed by atoms with Crippen molar-refractivity contribution in [2.45, 2.75) is 62.9 Å². The molecule has 0 aliphatic carbocycles. The number of benzene rings is 2. The first-order valence-electron chi connectivity index (χ1n) is 16.1. The molecule has 48 heavy (non-hydrogen) atoms. The minimum atomic E-state index is -1.32. The van der Waals surface area contributed by atoms with Crippen LogP contribution in [0.4, 0.5) is 5.69 Å². The molecule has 5 rings (SSSR count). The topological polar surface area (TPSA) is 173 Å². The van der Waals surface area contributed by atoms with Gasteiger partial charge in [-0.15, -0.1) is 0 Å². The van der Waals surface area contributed by atoms with Gasteiger partial charge in [0.15, 0.2) is 6.04 Å². The maximum Gasteiger partial charge on any atom is 0.338 e. The van der Waals surface area contributed by atoms with Crippen molar-refractivity contribution in [3.05, 3.63) is 71.9 Å². The molecule has 1 aromatic heterocycles. The molecule has 0 saturated carbocycles. The average molecular weight is 658 g/mol. The van der Waals surface area contributed by atoms with E-state index in [0.717, 1.165) is 18.1 Å². The lowest BCUT2D eigenvalue weighted by Crippen LogP contribution is -2.51. The van der Waals surface area contributed by atoms with E-state index in [0.29, 0.717) is 49.9 Å². The van der Waals surface area contributed by atoms with E-state index in [2.05, 4.69) is 20.9 Å². The van der Waals surface area contributed by atoms with E-state index >= 15 is 0 Å². The number of fused-ring (bicyclic) bond motifs is 4. The molecule has 1 unspecified atom stereocenters. The normalized spacial score (nSPS) is 21.4. The Labute approximate surface area is 277 Å². The zero-order chi connectivity index (χ0) is 34.0. The lowest BCUT2D eigenvalue weighted by atomic mass is 9.89. The van der Waals surface area contributed by atoms with Crippen LogP contribution >= 0.6 is 0 Å². The van der Waals surface area contributed by atoms with Crippen LogP contribution in [-0.2, 0) is 33.4 Å². The number of pyridine rings is 1. The molecule has 13 heteroatoms. The van der Waals surface area contributed by atoms with Crippen molar-refractivity contribution in [1.29, 1.82) is 0 Å². The van der Waals surface area contributed by atoms with E-state index in [1.54, 1.807) is 35.4 Å². The molecule has 4 amide bonds. The molecule has 2 aliphatic rings. The second-order valence-corrected chi connectivity index (χ2v) is 11.9. The second-order valence-electron chi connectivity index (χ2n) is 11.9. The van der Waals surface area contributed by atoms with E-state index in [-0.39, 0.29) is 36.1 Å². The maximum atomic E-state index is 13.4. The highest BCUT2D eigenvalue weighted by atomic mass is 16.5. The Morgan fingerprint density at radius 1 is 1.02 bits per heavy atom. The molecular formula is C35H39N5O8. The fraction of sp³-hybridized carbons (Fsp3) is 0.400. The number of para-hydroxylation sites is 1. The minimum Gasteiger partial charge on any atom is -0.467 e. The van der Waals surface area contributed by atoms with Crippen LogP contribution in [-0.4, -0.2) is 84.3 Å². The van der Waals surface area contributed by atoms with Crippen LogP contribution in [0.5, 0.6) is 0 Å². The number of aromatic nitrogens is 1. The summed E-state index contributed by atoms with van der Waals surface area (Å²) in [5.74, 6) is -3.43. The molecule has 3 aromatic rings. The lowest BCUT2D eigenvalue weighted by Gasteiger charge is -2.24. The Bertz CT molecular complexity index is 1690. The number of esters is 2. The molecule has 1 saturated heterocycles. The Hall–Kier alpha value is -5.33. The third-order valence-electron chi connectivity index (χ3n) is 8.63. The van der Waals surface area contributed by atoms with Gasteiger partial charge in [0.25, 0.3) is 0 Å². The smallest absolute Gasteiger partial charge is 0.338 e. The predicted molar refractivity (Wildman–Crippen MR) is 175 cm³/mol. The summed E-state index contributed by atoms with van der Waals surface area (Å²) in [5.41, 5.74) is 2.18. The van der Waals surface area contributed by atoms with E-state index in [9.17, 15) is 28.8 Å².